The molecule has 1 heterocycles. The molecule has 1 rings (SSSR count). The maximum Gasteiger partial charge on any atom is 0.410 e. The van der Waals surface area contributed by atoms with Crippen LogP contribution in [-0.4, -0.2) is 41.9 Å². The summed E-state index contributed by atoms with van der Waals surface area (Å²) in [6.07, 6.45) is 4.36. The van der Waals surface area contributed by atoms with Gasteiger partial charge in [0, 0.05) is 6.54 Å². The number of likely N-dealkylation sites (tertiary alicyclic amines) is 1. The fraction of sp³-hybridized carbons (Fsp3) is 0.800. The molecule has 0 bridgehead atoms. The quantitative estimate of drug-likeness (QED) is 0.580. The molecule has 4 nitrogen and oxygen atoms in total. The molecule has 19 heavy (non-hydrogen) atoms. The zero-order valence-electron chi connectivity index (χ0n) is 12.7. The van der Waals surface area contributed by atoms with E-state index in [0.717, 1.165) is 25.8 Å². The van der Waals surface area contributed by atoms with Crippen LogP contribution in [-0.2, 0) is 9.47 Å². The van der Waals surface area contributed by atoms with Crippen molar-refractivity contribution in [1.82, 2.24) is 4.90 Å². The minimum Gasteiger partial charge on any atom is -0.444 e. The van der Waals surface area contributed by atoms with E-state index in [9.17, 15) is 4.79 Å². The van der Waals surface area contributed by atoms with E-state index in [1.54, 1.807) is 4.90 Å². The Balaban J connectivity index is 2.53. The van der Waals surface area contributed by atoms with Crippen LogP contribution in [0.25, 0.3) is 0 Å². The lowest BCUT2D eigenvalue weighted by atomic mass is 9.95. The summed E-state index contributed by atoms with van der Waals surface area (Å²) in [5.41, 5.74) is -0.715. The van der Waals surface area contributed by atoms with Gasteiger partial charge in [-0.1, -0.05) is 6.08 Å². The van der Waals surface area contributed by atoms with Gasteiger partial charge in [0.2, 0.25) is 0 Å². The number of rotatable bonds is 4. The van der Waals surface area contributed by atoms with E-state index >= 15 is 0 Å². The van der Waals surface area contributed by atoms with Gasteiger partial charge in [0.15, 0.2) is 0 Å². The van der Waals surface area contributed by atoms with Crippen LogP contribution in [0.2, 0.25) is 0 Å². The number of carbonyl (C=O) groups is 1. The molecule has 1 saturated heterocycles. The molecule has 0 spiro atoms. The fourth-order valence-corrected chi connectivity index (χ4v) is 2.19. The van der Waals surface area contributed by atoms with Crippen molar-refractivity contribution >= 4 is 6.09 Å². The van der Waals surface area contributed by atoms with E-state index in [1.165, 1.54) is 0 Å². The molecule has 1 aliphatic rings. The smallest absolute Gasteiger partial charge is 0.410 e. The van der Waals surface area contributed by atoms with E-state index in [-0.39, 0.29) is 11.7 Å². The van der Waals surface area contributed by atoms with Gasteiger partial charge in [0.05, 0.1) is 18.8 Å². The number of hydrogen-bond donors (Lipinski definition) is 0. The Morgan fingerprint density at radius 3 is 2.74 bits per heavy atom. The van der Waals surface area contributed by atoms with Crippen LogP contribution in [0.5, 0.6) is 0 Å². The minimum absolute atomic E-state index is 0.245. The minimum atomic E-state index is -0.450. The first-order chi connectivity index (χ1) is 8.76. The predicted molar refractivity (Wildman–Crippen MR) is 76.2 cm³/mol. The average molecular weight is 269 g/mol. The molecule has 1 fully saturated rings. The molecule has 1 aliphatic heterocycles. The Morgan fingerprint density at radius 2 is 2.16 bits per heavy atom. The van der Waals surface area contributed by atoms with Gasteiger partial charge in [-0.3, -0.25) is 0 Å². The van der Waals surface area contributed by atoms with E-state index in [2.05, 4.69) is 13.5 Å². The number of hydrogen-bond acceptors (Lipinski definition) is 3. The summed E-state index contributed by atoms with van der Waals surface area (Å²) in [7, 11) is 0. The molecule has 4 heteroatoms. The number of piperidine rings is 1. The second-order valence-electron chi connectivity index (χ2n) is 6.38. The van der Waals surface area contributed by atoms with Gasteiger partial charge in [-0.2, -0.15) is 0 Å². The highest BCUT2D eigenvalue weighted by Gasteiger charge is 2.35. The van der Waals surface area contributed by atoms with Crippen LogP contribution in [0.15, 0.2) is 12.7 Å². The summed E-state index contributed by atoms with van der Waals surface area (Å²) in [6, 6.07) is 0. The zero-order chi connectivity index (χ0) is 14.5. The standard InChI is InChI=1S/C15H27NO3/c1-6-7-11-18-15(5)9-8-10-16(12-15)13(17)19-14(2,3)4/h6H,1,7-12H2,2-5H3. The van der Waals surface area contributed by atoms with Crippen LogP contribution >= 0.6 is 0 Å². The van der Waals surface area contributed by atoms with Crippen molar-refractivity contribution in [3.05, 3.63) is 12.7 Å². The van der Waals surface area contributed by atoms with Crippen LogP contribution in [0.3, 0.4) is 0 Å². The maximum absolute atomic E-state index is 12.1. The lowest BCUT2D eigenvalue weighted by molar-refractivity contribution is -0.0783. The fourth-order valence-electron chi connectivity index (χ4n) is 2.19. The second kappa shape index (κ2) is 6.42. The van der Waals surface area contributed by atoms with Crippen molar-refractivity contribution in [3.63, 3.8) is 0 Å². The van der Waals surface area contributed by atoms with Gasteiger partial charge in [0.25, 0.3) is 0 Å². The zero-order valence-corrected chi connectivity index (χ0v) is 12.7. The third kappa shape index (κ3) is 5.64. The summed E-state index contributed by atoms with van der Waals surface area (Å²) in [4.78, 5) is 13.8. The van der Waals surface area contributed by atoms with Gasteiger partial charge in [-0.25, -0.2) is 4.79 Å². The van der Waals surface area contributed by atoms with Crippen LogP contribution < -0.4 is 0 Å². The van der Waals surface area contributed by atoms with Crippen LogP contribution in [0, 0.1) is 0 Å². The maximum atomic E-state index is 12.1. The monoisotopic (exact) mass is 269 g/mol. The lowest BCUT2D eigenvalue weighted by Gasteiger charge is -2.40. The molecule has 0 aromatic rings. The third-order valence-corrected chi connectivity index (χ3v) is 3.08. The van der Waals surface area contributed by atoms with Crippen LogP contribution in [0.1, 0.15) is 47.0 Å². The van der Waals surface area contributed by atoms with Gasteiger partial charge in [-0.05, 0) is 47.0 Å². The average Bonchev–Trinajstić information content (AvgIpc) is 2.27. The molecule has 0 aliphatic carbocycles. The number of nitrogens with zero attached hydrogens (tertiary/aromatic N) is 1. The summed E-state index contributed by atoms with van der Waals surface area (Å²) in [5.74, 6) is 0. The molecule has 0 aromatic heterocycles. The second-order valence-corrected chi connectivity index (χ2v) is 6.38. The third-order valence-electron chi connectivity index (χ3n) is 3.08. The molecule has 1 amide bonds. The largest absolute Gasteiger partial charge is 0.444 e. The highest BCUT2D eigenvalue weighted by Crippen LogP contribution is 2.26. The molecule has 0 aromatic carbocycles. The lowest BCUT2D eigenvalue weighted by Crippen LogP contribution is -2.51. The van der Waals surface area contributed by atoms with Gasteiger partial charge in [-0.15, -0.1) is 6.58 Å². The molecule has 1 unspecified atom stereocenters. The Labute approximate surface area is 116 Å². The van der Waals surface area contributed by atoms with Crippen molar-refractivity contribution in [1.29, 1.82) is 0 Å². The highest BCUT2D eigenvalue weighted by molar-refractivity contribution is 5.68. The molecular formula is C15H27NO3. The predicted octanol–water partition coefficient (Wildman–Crippen LogP) is 3.37. The molecular weight excluding hydrogens is 242 g/mol. The Hall–Kier alpha value is -1.03. The SMILES string of the molecule is C=CCCOC1(C)CCCN(C(=O)OC(C)(C)C)C1. The van der Waals surface area contributed by atoms with E-state index in [4.69, 9.17) is 9.47 Å². The summed E-state index contributed by atoms with van der Waals surface area (Å²) < 4.78 is 11.3. The molecule has 0 radical (unpaired) electrons. The van der Waals surface area contributed by atoms with E-state index in [0.29, 0.717) is 13.2 Å². The van der Waals surface area contributed by atoms with E-state index < -0.39 is 5.60 Å². The number of amides is 1. The molecule has 0 saturated carbocycles. The Kier molecular flexibility index (Phi) is 5.41. The van der Waals surface area contributed by atoms with Crippen molar-refractivity contribution in [2.45, 2.75) is 58.2 Å². The normalized spacial score (nSPS) is 24.1. The molecule has 0 N–H and O–H groups in total. The summed E-state index contributed by atoms with van der Waals surface area (Å²) in [5, 5.41) is 0. The topological polar surface area (TPSA) is 38.8 Å². The Bertz CT molecular complexity index is 322. The van der Waals surface area contributed by atoms with Crippen molar-refractivity contribution in [3.8, 4) is 0 Å². The van der Waals surface area contributed by atoms with Crippen LogP contribution in [0.4, 0.5) is 4.79 Å². The Morgan fingerprint density at radius 1 is 1.47 bits per heavy atom. The summed E-state index contributed by atoms with van der Waals surface area (Å²) in [6.45, 7) is 13.4. The van der Waals surface area contributed by atoms with Crippen molar-refractivity contribution in [2.75, 3.05) is 19.7 Å². The first kappa shape index (κ1) is 16.0. The summed E-state index contributed by atoms with van der Waals surface area (Å²) >= 11 is 0. The first-order valence-corrected chi connectivity index (χ1v) is 6.98. The first-order valence-electron chi connectivity index (χ1n) is 6.98. The highest BCUT2D eigenvalue weighted by atomic mass is 16.6. The number of carbonyl (C=O) groups excluding carboxylic acids is 1. The van der Waals surface area contributed by atoms with Crippen molar-refractivity contribution in [2.24, 2.45) is 0 Å². The molecule has 110 valence electrons. The molecule has 1 atom stereocenters. The van der Waals surface area contributed by atoms with Crippen molar-refractivity contribution < 1.29 is 14.3 Å². The van der Waals surface area contributed by atoms with Gasteiger partial charge in [0.1, 0.15) is 5.60 Å². The van der Waals surface area contributed by atoms with Gasteiger partial charge >= 0.3 is 6.09 Å². The van der Waals surface area contributed by atoms with Gasteiger partial charge < -0.3 is 14.4 Å². The number of ether oxygens (including phenoxy) is 2. The van der Waals surface area contributed by atoms with E-state index in [1.807, 2.05) is 26.8 Å².